The Labute approximate surface area is 113 Å². The van der Waals surface area contributed by atoms with Crippen LogP contribution < -0.4 is 14.8 Å². The summed E-state index contributed by atoms with van der Waals surface area (Å²) in [6, 6.07) is 5.23. The van der Waals surface area contributed by atoms with E-state index in [1.165, 1.54) is 7.11 Å². The molecular formula is C14H21NO4. The van der Waals surface area contributed by atoms with Gasteiger partial charge in [0.1, 0.15) is 0 Å². The van der Waals surface area contributed by atoms with Crippen LogP contribution in [0.2, 0.25) is 0 Å². The summed E-state index contributed by atoms with van der Waals surface area (Å²) >= 11 is 0. The number of nitrogens with one attached hydrogen (secondary N) is 1. The molecule has 1 unspecified atom stereocenters. The smallest absolute Gasteiger partial charge is 0.258 e. The van der Waals surface area contributed by atoms with E-state index < -0.39 is 0 Å². The first-order valence-corrected chi connectivity index (χ1v) is 6.30. The van der Waals surface area contributed by atoms with Gasteiger partial charge in [-0.1, -0.05) is 13.0 Å². The highest BCUT2D eigenvalue weighted by Crippen LogP contribution is 2.27. The molecule has 19 heavy (non-hydrogen) atoms. The van der Waals surface area contributed by atoms with Gasteiger partial charge >= 0.3 is 0 Å². The number of carbonyl (C=O) groups is 1. The summed E-state index contributed by atoms with van der Waals surface area (Å²) in [5, 5.41) is 11.9. The van der Waals surface area contributed by atoms with E-state index in [1.54, 1.807) is 18.2 Å². The van der Waals surface area contributed by atoms with Gasteiger partial charge in [0.25, 0.3) is 5.91 Å². The second-order valence-electron chi connectivity index (χ2n) is 4.31. The lowest BCUT2D eigenvalue weighted by molar-refractivity contribution is -0.123. The lowest BCUT2D eigenvalue weighted by atomic mass is 10.2. The molecule has 0 heterocycles. The van der Waals surface area contributed by atoms with Gasteiger partial charge in [0.2, 0.25) is 0 Å². The van der Waals surface area contributed by atoms with E-state index in [9.17, 15) is 4.79 Å². The van der Waals surface area contributed by atoms with Crippen LogP contribution in [0.1, 0.15) is 25.8 Å². The van der Waals surface area contributed by atoms with Gasteiger partial charge in [-0.3, -0.25) is 4.79 Å². The van der Waals surface area contributed by atoms with Crippen molar-refractivity contribution in [3.05, 3.63) is 23.8 Å². The maximum absolute atomic E-state index is 11.6. The predicted molar refractivity (Wildman–Crippen MR) is 72.3 cm³/mol. The predicted octanol–water partition coefficient (Wildman–Crippen LogP) is 1.48. The highest BCUT2D eigenvalue weighted by Gasteiger charge is 2.10. The first-order chi connectivity index (χ1) is 9.10. The lowest BCUT2D eigenvalue weighted by Gasteiger charge is -2.14. The Morgan fingerprint density at radius 2 is 2.16 bits per heavy atom. The molecule has 5 heteroatoms. The lowest BCUT2D eigenvalue weighted by Crippen LogP contribution is -2.35. The van der Waals surface area contributed by atoms with Gasteiger partial charge < -0.3 is 19.9 Å². The SMILES string of the molecule is CCC(C)NC(=O)COc1cc(CO)ccc1OC. The molecule has 1 aromatic rings. The molecule has 0 saturated carbocycles. The number of benzene rings is 1. The van der Waals surface area contributed by atoms with Crippen LogP contribution in [0.5, 0.6) is 11.5 Å². The van der Waals surface area contributed by atoms with Crippen molar-refractivity contribution in [2.75, 3.05) is 13.7 Å². The van der Waals surface area contributed by atoms with Crippen LogP contribution in [0, 0.1) is 0 Å². The minimum atomic E-state index is -0.175. The normalized spacial score (nSPS) is 11.8. The molecule has 0 bridgehead atoms. The standard InChI is InChI=1S/C14H21NO4/c1-4-10(2)15-14(17)9-19-13-7-11(8-16)5-6-12(13)18-3/h5-7,10,16H,4,8-9H2,1-3H3,(H,15,17). The van der Waals surface area contributed by atoms with E-state index in [2.05, 4.69) is 5.32 Å². The van der Waals surface area contributed by atoms with Crippen molar-refractivity contribution in [3.63, 3.8) is 0 Å². The van der Waals surface area contributed by atoms with Crippen molar-refractivity contribution < 1.29 is 19.4 Å². The third-order valence-corrected chi connectivity index (χ3v) is 2.79. The quantitative estimate of drug-likeness (QED) is 0.785. The Hall–Kier alpha value is -1.75. The molecule has 0 radical (unpaired) electrons. The van der Waals surface area contributed by atoms with E-state index in [0.29, 0.717) is 17.1 Å². The zero-order chi connectivity index (χ0) is 14.3. The van der Waals surface area contributed by atoms with E-state index in [0.717, 1.165) is 6.42 Å². The molecule has 0 aliphatic carbocycles. The molecule has 1 atom stereocenters. The van der Waals surface area contributed by atoms with Gasteiger partial charge in [-0.05, 0) is 31.0 Å². The zero-order valence-electron chi connectivity index (χ0n) is 11.6. The minimum absolute atomic E-state index is 0.0738. The number of amides is 1. The average Bonchev–Trinajstić information content (AvgIpc) is 2.44. The molecule has 2 N–H and O–H groups in total. The molecule has 1 aromatic carbocycles. The van der Waals surface area contributed by atoms with E-state index in [1.807, 2.05) is 13.8 Å². The number of aliphatic hydroxyl groups is 1. The molecule has 0 fully saturated rings. The minimum Gasteiger partial charge on any atom is -0.493 e. The third kappa shape index (κ3) is 4.79. The number of ether oxygens (including phenoxy) is 2. The monoisotopic (exact) mass is 267 g/mol. The summed E-state index contributed by atoms with van der Waals surface area (Å²) in [7, 11) is 1.53. The molecule has 0 aromatic heterocycles. The van der Waals surface area contributed by atoms with Gasteiger partial charge in [-0.2, -0.15) is 0 Å². The highest BCUT2D eigenvalue weighted by molar-refractivity contribution is 5.77. The Bertz CT molecular complexity index is 420. The molecule has 106 valence electrons. The summed E-state index contributed by atoms with van der Waals surface area (Å²) < 4.78 is 10.6. The first-order valence-electron chi connectivity index (χ1n) is 6.30. The van der Waals surface area contributed by atoms with E-state index >= 15 is 0 Å². The summed E-state index contributed by atoms with van der Waals surface area (Å²) in [6.45, 7) is 3.78. The van der Waals surface area contributed by atoms with Crippen LogP contribution in [-0.2, 0) is 11.4 Å². The number of hydrogen-bond donors (Lipinski definition) is 2. The fraction of sp³-hybridized carbons (Fsp3) is 0.500. The number of carbonyl (C=O) groups excluding carboxylic acids is 1. The van der Waals surface area contributed by atoms with Crippen molar-refractivity contribution in [3.8, 4) is 11.5 Å². The molecule has 1 rings (SSSR count). The van der Waals surface area contributed by atoms with Gasteiger partial charge in [0, 0.05) is 6.04 Å². The summed E-state index contributed by atoms with van der Waals surface area (Å²) in [6.07, 6.45) is 0.870. The number of methoxy groups -OCH3 is 1. The molecule has 0 spiro atoms. The highest BCUT2D eigenvalue weighted by atomic mass is 16.5. The van der Waals surface area contributed by atoms with Gasteiger partial charge in [0.15, 0.2) is 18.1 Å². The average molecular weight is 267 g/mol. The maximum Gasteiger partial charge on any atom is 0.258 e. The molecular weight excluding hydrogens is 246 g/mol. The van der Waals surface area contributed by atoms with Crippen molar-refractivity contribution >= 4 is 5.91 Å². The molecule has 0 aliphatic heterocycles. The first kappa shape index (κ1) is 15.3. The van der Waals surface area contributed by atoms with Crippen LogP contribution in [0.4, 0.5) is 0 Å². The fourth-order valence-electron chi connectivity index (χ4n) is 1.49. The number of rotatable bonds is 7. The van der Waals surface area contributed by atoms with Crippen molar-refractivity contribution in [2.45, 2.75) is 32.9 Å². The number of hydrogen-bond acceptors (Lipinski definition) is 4. The van der Waals surface area contributed by atoms with Crippen LogP contribution in [0.3, 0.4) is 0 Å². The largest absolute Gasteiger partial charge is 0.493 e. The topological polar surface area (TPSA) is 67.8 Å². The van der Waals surface area contributed by atoms with Crippen LogP contribution in [0.15, 0.2) is 18.2 Å². The van der Waals surface area contributed by atoms with Gasteiger partial charge in [0.05, 0.1) is 13.7 Å². The third-order valence-electron chi connectivity index (χ3n) is 2.79. The zero-order valence-corrected chi connectivity index (χ0v) is 11.6. The molecule has 0 saturated heterocycles. The molecule has 1 amide bonds. The second kappa shape index (κ2) is 7.63. The fourth-order valence-corrected chi connectivity index (χ4v) is 1.49. The van der Waals surface area contributed by atoms with Crippen LogP contribution >= 0.6 is 0 Å². The maximum atomic E-state index is 11.6. The summed E-state index contributed by atoms with van der Waals surface area (Å²) in [5.41, 5.74) is 0.707. The Kier molecular flexibility index (Phi) is 6.15. The Morgan fingerprint density at radius 1 is 1.42 bits per heavy atom. The summed E-state index contributed by atoms with van der Waals surface area (Å²) in [4.78, 5) is 11.6. The van der Waals surface area contributed by atoms with E-state index in [-0.39, 0.29) is 25.2 Å². The van der Waals surface area contributed by atoms with Gasteiger partial charge in [-0.15, -0.1) is 0 Å². The van der Waals surface area contributed by atoms with Crippen LogP contribution in [0.25, 0.3) is 0 Å². The number of aliphatic hydroxyl groups excluding tert-OH is 1. The van der Waals surface area contributed by atoms with Crippen LogP contribution in [-0.4, -0.2) is 30.8 Å². The van der Waals surface area contributed by atoms with Crippen molar-refractivity contribution in [2.24, 2.45) is 0 Å². The summed E-state index contributed by atoms with van der Waals surface area (Å²) in [5.74, 6) is 0.813. The Morgan fingerprint density at radius 3 is 2.74 bits per heavy atom. The van der Waals surface area contributed by atoms with Crippen molar-refractivity contribution in [1.29, 1.82) is 0 Å². The molecule has 5 nitrogen and oxygen atoms in total. The van der Waals surface area contributed by atoms with Crippen molar-refractivity contribution in [1.82, 2.24) is 5.32 Å². The van der Waals surface area contributed by atoms with Gasteiger partial charge in [-0.25, -0.2) is 0 Å². The second-order valence-corrected chi connectivity index (χ2v) is 4.31. The van der Waals surface area contributed by atoms with E-state index in [4.69, 9.17) is 14.6 Å². The Balaban J connectivity index is 2.63. The molecule has 0 aliphatic rings.